The maximum Gasteiger partial charge on any atom is 0.222 e. The molecule has 0 aliphatic heterocycles. The molecule has 108 valence electrons. The summed E-state index contributed by atoms with van der Waals surface area (Å²) in [6, 6.07) is 0. The Morgan fingerprint density at radius 3 is 2.17 bits per heavy atom. The Morgan fingerprint density at radius 1 is 1.06 bits per heavy atom. The smallest absolute Gasteiger partial charge is 0.222 e. The van der Waals surface area contributed by atoms with E-state index in [1.807, 2.05) is 0 Å². The van der Waals surface area contributed by atoms with E-state index in [-0.39, 0.29) is 12.2 Å². The highest BCUT2D eigenvalue weighted by Gasteiger charge is 2.13. The van der Waals surface area contributed by atoms with Crippen molar-refractivity contribution >= 4 is 5.91 Å². The van der Waals surface area contributed by atoms with E-state index >= 15 is 0 Å². The third-order valence-corrected chi connectivity index (χ3v) is 3.12. The van der Waals surface area contributed by atoms with Crippen molar-refractivity contribution in [3.8, 4) is 0 Å². The van der Waals surface area contributed by atoms with Crippen LogP contribution in [-0.2, 0) is 14.3 Å². The molecule has 0 saturated heterocycles. The van der Waals surface area contributed by atoms with E-state index in [1.54, 1.807) is 26.2 Å². The number of rotatable bonds is 11. The van der Waals surface area contributed by atoms with Gasteiger partial charge in [-0.15, -0.1) is 0 Å². The van der Waals surface area contributed by atoms with E-state index in [2.05, 4.69) is 6.92 Å². The average molecular weight is 259 g/mol. The van der Waals surface area contributed by atoms with Gasteiger partial charge in [0.1, 0.15) is 0 Å². The van der Waals surface area contributed by atoms with Crippen molar-refractivity contribution in [3.05, 3.63) is 0 Å². The van der Waals surface area contributed by atoms with Crippen LogP contribution in [0.25, 0.3) is 0 Å². The molecule has 0 spiro atoms. The van der Waals surface area contributed by atoms with Crippen molar-refractivity contribution in [2.45, 2.75) is 58.2 Å². The predicted octanol–water partition coefficient (Wildman–Crippen LogP) is 2.81. The van der Waals surface area contributed by atoms with E-state index in [0.29, 0.717) is 13.0 Å². The molecule has 0 bridgehead atoms. The molecule has 0 aliphatic carbocycles. The number of nitrogens with zero attached hydrogens (tertiary/aromatic N) is 1. The van der Waals surface area contributed by atoms with Gasteiger partial charge < -0.3 is 14.4 Å². The minimum absolute atomic E-state index is 0.171. The summed E-state index contributed by atoms with van der Waals surface area (Å²) in [4.78, 5) is 13.5. The van der Waals surface area contributed by atoms with Gasteiger partial charge in [0.25, 0.3) is 0 Å². The van der Waals surface area contributed by atoms with E-state index < -0.39 is 0 Å². The van der Waals surface area contributed by atoms with Gasteiger partial charge >= 0.3 is 0 Å². The van der Waals surface area contributed by atoms with Crippen molar-refractivity contribution in [1.82, 2.24) is 4.90 Å². The van der Waals surface area contributed by atoms with Crippen LogP contribution < -0.4 is 0 Å². The van der Waals surface area contributed by atoms with Crippen LogP contribution in [0.5, 0.6) is 0 Å². The summed E-state index contributed by atoms with van der Waals surface area (Å²) in [5.41, 5.74) is 0. The van der Waals surface area contributed by atoms with Crippen LogP contribution in [-0.4, -0.2) is 44.9 Å². The van der Waals surface area contributed by atoms with Crippen molar-refractivity contribution in [3.63, 3.8) is 0 Å². The van der Waals surface area contributed by atoms with Crippen molar-refractivity contribution in [2.75, 3.05) is 27.8 Å². The lowest BCUT2D eigenvalue weighted by atomic mass is 10.1. The fraction of sp³-hybridized carbons (Fsp3) is 0.929. The molecule has 18 heavy (non-hydrogen) atoms. The summed E-state index contributed by atoms with van der Waals surface area (Å²) in [6.07, 6.45) is 7.52. The molecule has 0 aromatic heterocycles. The van der Waals surface area contributed by atoms with Crippen LogP contribution >= 0.6 is 0 Å². The van der Waals surface area contributed by atoms with Crippen molar-refractivity contribution in [2.24, 2.45) is 0 Å². The van der Waals surface area contributed by atoms with E-state index in [1.165, 1.54) is 25.7 Å². The molecule has 0 aromatic rings. The summed E-state index contributed by atoms with van der Waals surface area (Å²) in [6.45, 7) is 2.70. The molecule has 0 saturated carbocycles. The number of likely N-dealkylation sites (N-methyl/N-ethyl adjacent to an activating group) is 1. The Kier molecular flexibility index (Phi) is 11.1. The molecule has 0 aromatic carbocycles. The van der Waals surface area contributed by atoms with Crippen LogP contribution in [0.2, 0.25) is 0 Å². The third kappa shape index (κ3) is 8.48. The van der Waals surface area contributed by atoms with Crippen LogP contribution in [0, 0.1) is 0 Å². The molecule has 4 nitrogen and oxygen atoms in total. The number of methoxy groups -OCH3 is 2. The maximum atomic E-state index is 11.8. The number of ether oxygens (including phenoxy) is 2. The zero-order chi connectivity index (χ0) is 13.8. The molecule has 0 unspecified atom stereocenters. The first kappa shape index (κ1) is 17.4. The second-order valence-electron chi connectivity index (χ2n) is 4.69. The lowest BCUT2D eigenvalue weighted by Gasteiger charge is -2.22. The summed E-state index contributed by atoms with van der Waals surface area (Å²) >= 11 is 0. The normalized spacial score (nSPS) is 10.9. The predicted molar refractivity (Wildman–Crippen MR) is 73.4 cm³/mol. The Labute approximate surface area is 112 Å². The molecular formula is C14H29NO3. The van der Waals surface area contributed by atoms with Crippen LogP contribution in [0.4, 0.5) is 0 Å². The first-order valence-corrected chi connectivity index (χ1v) is 6.95. The van der Waals surface area contributed by atoms with E-state index in [4.69, 9.17) is 9.47 Å². The zero-order valence-electron chi connectivity index (χ0n) is 12.4. The Bertz CT molecular complexity index is 205. The number of hydrogen-bond acceptors (Lipinski definition) is 3. The van der Waals surface area contributed by atoms with Gasteiger partial charge in [-0.2, -0.15) is 0 Å². The Balaban J connectivity index is 3.61. The molecule has 0 aliphatic rings. The van der Waals surface area contributed by atoms with Crippen molar-refractivity contribution in [1.29, 1.82) is 0 Å². The topological polar surface area (TPSA) is 38.8 Å². The number of amides is 1. The molecule has 0 fully saturated rings. The number of unbranched alkanes of at least 4 members (excludes halogenated alkanes) is 5. The molecule has 0 heterocycles. The number of carbonyl (C=O) groups excluding carboxylic acids is 1. The molecule has 4 heteroatoms. The minimum atomic E-state index is -0.330. The largest absolute Gasteiger partial charge is 0.354 e. The Hall–Kier alpha value is -0.610. The third-order valence-electron chi connectivity index (χ3n) is 3.12. The molecule has 0 atom stereocenters. The summed E-state index contributed by atoms with van der Waals surface area (Å²) in [5, 5.41) is 0. The minimum Gasteiger partial charge on any atom is -0.354 e. The molecule has 0 radical (unpaired) electrons. The zero-order valence-corrected chi connectivity index (χ0v) is 12.4. The van der Waals surface area contributed by atoms with Gasteiger partial charge in [-0.25, -0.2) is 0 Å². The monoisotopic (exact) mass is 259 g/mol. The summed E-state index contributed by atoms with van der Waals surface area (Å²) in [5.74, 6) is 0.171. The van der Waals surface area contributed by atoms with Gasteiger partial charge in [-0.1, -0.05) is 39.0 Å². The number of hydrogen-bond donors (Lipinski definition) is 0. The van der Waals surface area contributed by atoms with E-state index in [0.717, 1.165) is 12.8 Å². The fourth-order valence-corrected chi connectivity index (χ4v) is 1.82. The quantitative estimate of drug-likeness (QED) is 0.423. The van der Waals surface area contributed by atoms with Gasteiger partial charge in [-0.05, 0) is 6.42 Å². The fourth-order valence-electron chi connectivity index (χ4n) is 1.82. The molecule has 0 rings (SSSR count). The first-order chi connectivity index (χ1) is 8.65. The average Bonchev–Trinajstić information content (AvgIpc) is 2.39. The highest BCUT2D eigenvalue weighted by atomic mass is 16.7. The summed E-state index contributed by atoms with van der Waals surface area (Å²) in [7, 11) is 4.96. The van der Waals surface area contributed by atoms with Gasteiger partial charge in [0.2, 0.25) is 5.91 Å². The Morgan fingerprint density at radius 2 is 1.61 bits per heavy atom. The van der Waals surface area contributed by atoms with Crippen LogP contribution in [0.3, 0.4) is 0 Å². The van der Waals surface area contributed by atoms with Crippen LogP contribution in [0.1, 0.15) is 51.9 Å². The molecule has 0 N–H and O–H groups in total. The highest BCUT2D eigenvalue weighted by Crippen LogP contribution is 2.08. The second kappa shape index (κ2) is 11.5. The lowest BCUT2D eigenvalue weighted by molar-refractivity contribution is -0.143. The van der Waals surface area contributed by atoms with Crippen LogP contribution in [0.15, 0.2) is 0 Å². The first-order valence-electron chi connectivity index (χ1n) is 6.95. The van der Waals surface area contributed by atoms with Crippen molar-refractivity contribution < 1.29 is 14.3 Å². The number of carbonyl (C=O) groups is 1. The standard InChI is InChI=1S/C14H29NO3/c1-5-6-7-8-9-10-11-13(16)15(2)12-14(17-3)18-4/h14H,5-12H2,1-4H3. The van der Waals surface area contributed by atoms with Gasteiger partial charge in [-0.3, -0.25) is 4.79 Å². The highest BCUT2D eigenvalue weighted by molar-refractivity contribution is 5.75. The molecule has 1 amide bonds. The SMILES string of the molecule is CCCCCCCCC(=O)N(C)CC(OC)OC. The second-order valence-corrected chi connectivity index (χ2v) is 4.69. The van der Waals surface area contributed by atoms with E-state index in [9.17, 15) is 4.79 Å². The summed E-state index contributed by atoms with van der Waals surface area (Å²) < 4.78 is 10.1. The lowest BCUT2D eigenvalue weighted by Crippen LogP contribution is -2.35. The van der Waals surface area contributed by atoms with Gasteiger partial charge in [0.05, 0.1) is 6.54 Å². The maximum absolute atomic E-state index is 11.8. The van der Waals surface area contributed by atoms with Gasteiger partial charge in [0.15, 0.2) is 6.29 Å². The molecular weight excluding hydrogens is 230 g/mol. The van der Waals surface area contributed by atoms with Gasteiger partial charge in [0, 0.05) is 27.7 Å².